The molecule has 0 aliphatic heterocycles. The lowest BCUT2D eigenvalue weighted by Gasteiger charge is -2.19. The summed E-state index contributed by atoms with van der Waals surface area (Å²) in [6.07, 6.45) is 0.482. The number of rotatable bonds is 5. The van der Waals surface area contributed by atoms with E-state index < -0.39 is 0 Å². The van der Waals surface area contributed by atoms with Gasteiger partial charge in [0.2, 0.25) is 0 Å². The molecule has 0 spiro atoms. The second-order valence-corrected chi connectivity index (χ2v) is 5.97. The highest BCUT2D eigenvalue weighted by Gasteiger charge is 2.15. The molecule has 0 bridgehead atoms. The van der Waals surface area contributed by atoms with Gasteiger partial charge < -0.3 is 5.32 Å². The highest BCUT2D eigenvalue weighted by Crippen LogP contribution is 2.23. The second-order valence-electron chi connectivity index (χ2n) is 5.06. The van der Waals surface area contributed by atoms with Gasteiger partial charge in [-0.2, -0.15) is 0 Å². The first-order chi connectivity index (χ1) is 10.0. The van der Waals surface area contributed by atoms with Gasteiger partial charge in [0, 0.05) is 10.5 Å². The van der Waals surface area contributed by atoms with Crippen LogP contribution in [0, 0.1) is 18.6 Å². The van der Waals surface area contributed by atoms with E-state index in [9.17, 15) is 8.78 Å². The Labute approximate surface area is 132 Å². The van der Waals surface area contributed by atoms with E-state index in [1.807, 2.05) is 19.1 Å². The van der Waals surface area contributed by atoms with Gasteiger partial charge in [-0.15, -0.1) is 0 Å². The monoisotopic (exact) mass is 353 g/mol. The first-order valence-corrected chi connectivity index (χ1v) is 7.74. The third-order valence-corrected chi connectivity index (χ3v) is 3.98. The average molecular weight is 354 g/mol. The highest BCUT2D eigenvalue weighted by molar-refractivity contribution is 9.10. The summed E-state index contributed by atoms with van der Waals surface area (Å²) in [6, 6.07) is 10.1. The topological polar surface area (TPSA) is 12.0 Å². The summed E-state index contributed by atoms with van der Waals surface area (Å²) in [7, 11) is 0. The molecule has 1 atom stereocenters. The predicted molar refractivity (Wildman–Crippen MR) is 85.4 cm³/mol. The SMILES string of the molecule is CCNC(Cc1ccc(Br)cc1F)c1ccc(C)c(F)c1. The van der Waals surface area contributed by atoms with E-state index in [0.29, 0.717) is 22.0 Å². The molecule has 2 rings (SSSR count). The molecule has 1 unspecified atom stereocenters. The molecule has 1 N–H and O–H groups in total. The molecular formula is C17H18BrF2N. The minimum Gasteiger partial charge on any atom is -0.310 e. The number of halogens is 3. The summed E-state index contributed by atoms with van der Waals surface area (Å²) >= 11 is 3.25. The van der Waals surface area contributed by atoms with Crippen LogP contribution in [-0.2, 0) is 6.42 Å². The van der Waals surface area contributed by atoms with E-state index in [1.165, 1.54) is 12.1 Å². The van der Waals surface area contributed by atoms with Gasteiger partial charge >= 0.3 is 0 Å². The van der Waals surface area contributed by atoms with Crippen LogP contribution < -0.4 is 5.32 Å². The maximum absolute atomic E-state index is 14.0. The van der Waals surface area contributed by atoms with Crippen LogP contribution in [0.5, 0.6) is 0 Å². The Morgan fingerprint density at radius 2 is 1.86 bits per heavy atom. The van der Waals surface area contributed by atoms with E-state index >= 15 is 0 Å². The molecule has 0 aromatic heterocycles. The molecule has 2 aromatic rings. The van der Waals surface area contributed by atoms with Crippen LogP contribution in [0.3, 0.4) is 0 Å². The Balaban J connectivity index is 2.28. The van der Waals surface area contributed by atoms with Gasteiger partial charge in [0.1, 0.15) is 11.6 Å². The van der Waals surface area contributed by atoms with Crippen LogP contribution in [0.1, 0.15) is 29.7 Å². The molecule has 0 heterocycles. The van der Waals surface area contributed by atoms with Gasteiger partial charge in [0.15, 0.2) is 0 Å². The van der Waals surface area contributed by atoms with Crippen molar-refractivity contribution in [2.75, 3.05) is 6.54 Å². The zero-order chi connectivity index (χ0) is 15.4. The maximum atomic E-state index is 14.0. The summed E-state index contributed by atoms with van der Waals surface area (Å²) in [6.45, 7) is 4.45. The van der Waals surface area contributed by atoms with E-state index in [-0.39, 0.29) is 17.7 Å². The molecule has 0 aliphatic carbocycles. The number of aryl methyl sites for hydroxylation is 1. The lowest BCUT2D eigenvalue weighted by atomic mass is 9.97. The quantitative estimate of drug-likeness (QED) is 0.803. The van der Waals surface area contributed by atoms with Crippen molar-refractivity contribution < 1.29 is 8.78 Å². The van der Waals surface area contributed by atoms with Crippen LogP contribution in [-0.4, -0.2) is 6.54 Å². The standard InChI is InChI=1S/C17H18BrF2N/c1-3-21-17(13-5-4-11(2)15(19)8-13)9-12-6-7-14(18)10-16(12)20/h4-8,10,17,21H,3,9H2,1-2H3. The fourth-order valence-electron chi connectivity index (χ4n) is 2.29. The summed E-state index contributed by atoms with van der Waals surface area (Å²) in [5.41, 5.74) is 2.07. The molecule has 1 nitrogen and oxygen atoms in total. The van der Waals surface area contributed by atoms with Gasteiger partial charge in [-0.1, -0.05) is 41.1 Å². The minimum absolute atomic E-state index is 0.110. The van der Waals surface area contributed by atoms with Crippen molar-refractivity contribution in [2.45, 2.75) is 26.3 Å². The summed E-state index contributed by atoms with van der Waals surface area (Å²) < 4.78 is 28.4. The van der Waals surface area contributed by atoms with Crippen molar-refractivity contribution in [3.63, 3.8) is 0 Å². The predicted octanol–water partition coefficient (Wildman–Crippen LogP) is 4.93. The van der Waals surface area contributed by atoms with Crippen molar-refractivity contribution in [1.29, 1.82) is 0 Å². The number of benzene rings is 2. The smallest absolute Gasteiger partial charge is 0.127 e. The molecule has 0 radical (unpaired) electrons. The molecule has 0 fully saturated rings. The van der Waals surface area contributed by atoms with Crippen LogP contribution in [0.25, 0.3) is 0 Å². The van der Waals surface area contributed by atoms with E-state index in [2.05, 4.69) is 21.2 Å². The van der Waals surface area contributed by atoms with Crippen molar-refractivity contribution in [1.82, 2.24) is 5.32 Å². The normalized spacial score (nSPS) is 12.4. The van der Waals surface area contributed by atoms with E-state index in [0.717, 1.165) is 12.1 Å². The zero-order valence-corrected chi connectivity index (χ0v) is 13.7. The lowest BCUT2D eigenvalue weighted by molar-refractivity contribution is 0.523. The van der Waals surface area contributed by atoms with Crippen LogP contribution in [0.2, 0.25) is 0 Å². The van der Waals surface area contributed by atoms with Crippen molar-refractivity contribution in [2.24, 2.45) is 0 Å². The first-order valence-electron chi connectivity index (χ1n) is 6.94. The Morgan fingerprint density at radius 1 is 1.10 bits per heavy atom. The number of likely N-dealkylation sites (N-methyl/N-ethyl adjacent to an activating group) is 1. The largest absolute Gasteiger partial charge is 0.310 e. The molecule has 0 amide bonds. The number of hydrogen-bond acceptors (Lipinski definition) is 1. The molecule has 4 heteroatoms. The zero-order valence-electron chi connectivity index (χ0n) is 12.1. The molecule has 21 heavy (non-hydrogen) atoms. The number of hydrogen-bond donors (Lipinski definition) is 1. The second kappa shape index (κ2) is 7.14. The maximum Gasteiger partial charge on any atom is 0.127 e. The Kier molecular flexibility index (Phi) is 5.48. The summed E-state index contributed by atoms with van der Waals surface area (Å²) in [5, 5.41) is 3.29. The van der Waals surface area contributed by atoms with E-state index in [4.69, 9.17) is 0 Å². The third-order valence-electron chi connectivity index (χ3n) is 3.49. The molecular weight excluding hydrogens is 336 g/mol. The van der Waals surface area contributed by atoms with Crippen LogP contribution >= 0.6 is 15.9 Å². The van der Waals surface area contributed by atoms with Crippen LogP contribution in [0.4, 0.5) is 8.78 Å². The summed E-state index contributed by atoms with van der Waals surface area (Å²) in [4.78, 5) is 0. The Morgan fingerprint density at radius 3 is 2.48 bits per heavy atom. The average Bonchev–Trinajstić information content (AvgIpc) is 2.44. The van der Waals surface area contributed by atoms with E-state index in [1.54, 1.807) is 19.1 Å². The van der Waals surface area contributed by atoms with Crippen molar-refractivity contribution in [3.05, 3.63) is 69.2 Å². The fourth-order valence-corrected chi connectivity index (χ4v) is 2.62. The third kappa shape index (κ3) is 4.11. The molecule has 0 saturated heterocycles. The van der Waals surface area contributed by atoms with Gasteiger partial charge in [-0.05, 0) is 54.8 Å². The van der Waals surface area contributed by atoms with Gasteiger partial charge in [-0.3, -0.25) is 0 Å². The lowest BCUT2D eigenvalue weighted by Crippen LogP contribution is -2.23. The first kappa shape index (κ1) is 16.1. The summed E-state index contributed by atoms with van der Waals surface area (Å²) in [5.74, 6) is -0.480. The molecule has 0 aliphatic rings. The van der Waals surface area contributed by atoms with Crippen molar-refractivity contribution >= 4 is 15.9 Å². The Hall–Kier alpha value is -1.26. The molecule has 2 aromatic carbocycles. The highest BCUT2D eigenvalue weighted by atomic mass is 79.9. The van der Waals surface area contributed by atoms with Crippen LogP contribution in [0.15, 0.2) is 40.9 Å². The minimum atomic E-state index is -0.250. The molecule has 112 valence electrons. The molecule has 0 saturated carbocycles. The Bertz CT molecular complexity index is 628. The fraction of sp³-hybridized carbons (Fsp3) is 0.294. The van der Waals surface area contributed by atoms with Crippen molar-refractivity contribution in [3.8, 4) is 0 Å². The van der Waals surface area contributed by atoms with Gasteiger partial charge in [0.05, 0.1) is 0 Å². The van der Waals surface area contributed by atoms with Gasteiger partial charge in [-0.25, -0.2) is 8.78 Å². The van der Waals surface area contributed by atoms with Gasteiger partial charge in [0.25, 0.3) is 0 Å². The number of nitrogens with one attached hydrogen (secondary N) is 1.